The molecule has 0 unspecified atom stereocenters. The van der Waals surface area contributed by atoms with Gasteiger partial charge in [-0.15, -0.1) is 0 Å². The second-order valence-corrected chi connectivity index (χ2v) is 10.1. The summed E-state index contributed by atoms with van der Waals surface area (Å²) in [6.07, 6.45) is 1.25. The molecule has 0 saturated carbocycles. The molecular weight excluding hydrogens is 606 g/mol. The molecule has 2 aromatic heterocycles. The van der Waals surface area contributed by atoms with Gasteiger partial charge in [-0.3, -0.25) is 25.0 Å². The van der Waals surface area contributed by atoms with Crippen molar-refractivity contribution in [2.45, 2.75) is 6.61 Å². The van der Waals surface area contributed by atoms with Crippen LogP contribution in [0.2, 0.25) is 5.02 Å². The fourth-order valence-electron chi connectivity index (χ4n) is 4.67. The number of para-hydroxylation sites is 1. The molecule has 0 aliphatic carbocycles. The molecule has 224 valence electrons. The fraction of sp³-hybridized carbons (Fsp3) is 0.0645. The highest BCUT2D eigenvalue weighted by Crippen LogP contribution is 2.39. The normalized spacial score (nSPS) is 11.3. The third-order valence-corrected chi connectivity index (χ3v) is 6.99. The Morgan fingerprint density at radius 3 is 2.60 bits per heavy atom. The van der Waals surface area contributed by atoms with Gasteiger partial charge < -0.3 is 13.9 Å². The molecule has 0 atom stereocenters. The van der Waals surface area contributed by atoms with Crippen LogP contribution < -0.4 is 15.0 Å². The van der Waals surface area contributed by atoms with E-state index in [1.54, 1.807) is 54.6 Å². The summed E-state index contributed by atoms with van der Waals surface area (Å²) < 4.78 is 18.1. The predicted molar refractivity (Wildman–Crippen MR) is 166 cm³/mol. The molecule has 4 aromatic carbocycles. The van der Waals surface area contributed by atoms with Crippen molar-refractivity contribution in [3.63, 3.8) is 0 Å². The maximum absolute atomic E-state index is 13.6. The molecule has 0 radical (unpaired) electrons. The van der Waals surface area contributed by atoms with Crippen LogP contribution in [-0.4, -0.2) is 32.8 Å². The number of aromatic nitrogens is 2. The van der Waals surface area contributed by atoms with Gasteiger partial charge in [0.05, 0.1) is 34.1 Å². The number of benzene rings is 4. The topological polar surface area (TPSA) is 165 Å². The number of methoxy groups -OCH3 is 1. The Bertz CT molecular complexity index is 2230. The molecule has 0 spiro atoms. The highest BCUT2D eigenvalue weighted by Gasteiger charge is 2.23. The average Bonchev–Trinajstić information content (AvgIpc) is 3.46. The minimum absolute atomic E-state index is 0.00875. The quantitative estimate of drug-likeness (QED) is 0.0959. The summed E-state index contributed by atoms with van der Waals surface area (Å²) in [6, 6.07) is 21.9. The van der Waals surface area contributed by atoms with Gasteiger partial charge in [0.25, 0.3) is 11.2 Å². The Balaban J connectivity index is 1.41. The van der Waals surface area contributed by atoms with Gasteiger partial charge in [0.2, 0.25) is 11.6 Å². The first-order valence-electron chi connectivity index (χ1n) is 13.2. The summed E-state index contributed by atoms with van der Waals surface area (Å²) in [5.41, 5.74) is 0.494. The minimum Gasteiger partial charge on any atom is -0.493 e. The van der Waals surface area contributed by atoms with Crippen molar-refractivity contribution in [1.82, 2.24) is 9.66 Å². The van der Waals surface area contributed by atoms with E-state index in [4.69, 9.17) is 25.5 Å². The number of nitrogens with zero attached hydrogens (tertiary/aromatic N) is 5. The van der Waals surface area contributed by atoms with Crippen molar-refractivity contribution in [1.29, 1.82) is 0 Å². The lowest BCUT2D eigenvalue weighted by molar-refractivity contribution is -0.386. The number of furan rings is 1. The number of nitro benzene ring substituents is 2. The van der Waals surface area contributed by atoms with Crippen LogP contribution in [-0.2, 0) is 6.61 Å². The van der Waals surface area contributed by atoms with E-state index in [1.165, 1.54) is 43.7 Å². The first kappa shape index (κ1) is 29.0. The maximum Gasteiger partial charge on any atom is 0.315 e. The smallest absolute Gasteiger partial charge is 0.315 e. The summed E-state index contributed by atoms with van der Waals surface area (Å²) in [5.74, 6) is 0.174. The van der Waals surface area contributed by atoms with Gasteiger partial charge in [0.15, 0.2) is 11.5 Å². The summed E-state index contributed by atoms with van der Waals surface area (Å²) in [4.78, 5) is 40.2. The van der Waals surface area contributed by atoms with Crippen LogP contribution in [0.1, 0.15) is 11.1 Å². The van der Waals surface area contributed by atoms with Crippen molar-refractivity contribution in [3.05, 3.63) is 132 Å². The molecule has 0 fully saturated rings. The van der Waals surface area contributed by atoms with E-state index < -0.39 is 21.1 Å². The Hall–Kier alpha value is -6.08. The van der Waals surface area contributed by atoms with Gasteiger partial charge in [-0.1, -0.05) is 35.9 Å². The number of halogens is 1. The van der Waals surface area contributed by atoms with E-state index in [2.05, 4.69) is 10.1 Å². The average molecular weight is 626 g/mol. The van der Waals surface area contributed by atoms with Crippen molar-refractivity contribution in [2.75, 3.05) is 7.11 Å². The predicted octanol–water partition coefficient (Wildman–Crippen LogP) is 6.75. The lowest BCUT2D eigenvalue weighted by Crippen LogP contribution is -2.20. The molecule has 0 bridgehead atoms. The number of non-ortho nitro benzene ring substituents is 1. The first-order valence-corrected chi connectivity index (χ1v) is 13.6. The molecule has 13 nitrogen and oxygen atoms in total. The first-order chi connectivity index (χ1) is 21.7. The van der Waals surface area contributed by atoms with Crippen LogP contribution in [0, 0.1) is 20.2 Å². The van der Waals surface area contributed by atoms with Gasteiger partial charge in [-0.25, -0.2) is 4.98 Å². The van der Waals surface area contributed by atoms with E-state index >= 15 is 0 Å². The molecule has 6 aromatic rings. The van der Waals surface area contributed by atoms with E-state index in [-0.39, 0.29) is 40.9 Å². The molecule has 6 rings (SSSR count). The summed E-state index contributed by atoms with van der Waals surface area (Å²) in [7, 11) is 1.31. The molecule has 0 saturated heterocycles. The van der Waals surface area contributed by atoms with Gasteiger partial charge in [0.1, 0.15) is 12.2 Å². The maximum atomic E-state index is 13.6. The van der Waals surface area contributed by atoms with E-state index in [9.17, 15) is 25.0 Å². The van der Waals surface area contributed by atoms with Crippen LogP contribution in [0.3, 0.4) is 0 Å². The lowest BCUT2D eigenvalue weighted by atomic mass is 10.1. The second kappa shape index (κ2) is 11.9. The van der Waals surface area contributed by atoms with Crippen molar-refractivity contribution in [2.24, 2.45) is 5.10 Å². The van der Waals surface area contributed by atoms with E-state index in [0.29, 0.717) is 32.5 Å². The highest BCUT2D eigenvalue weighted by molar-refractivity contribution is 6.31. The molecule has 2 heterocycles. The summed E-state index contributed by atoms with van der Waals surface area (Å²) in [5, 5.41) is 29.0. The number of rotatable bonds is 9. The van der Waals surface area contributed by atoms with Crippen molar-refractivity contribution < 1.29 is 23.7 Å². The number of nitro groups is 2. The van der Waals surface area contributed by atoms with Gasteiger partial charge in [-0.2, -0.15) is 9.78 Å². The highest BCUT2D eigenvalue weighted by atomic mass is 35.5. The molecule has 45 heavy (non-hydrogen) atoms. The van der Waals surface area contributed by atoms with Crippen molar-refractivity contribution >= 4 is 51.1 Å². The molecule has 14 heteroatoms. The SMILES string of the molecule is COc1cc(C=Nn2c(-c3cc4cc(Cl)ccc4o3)nc3ccccc3c2=O)cc([N+](=O)[O-])c1OCc1cccc([N+](=O)[O-])c1. The number of hydrogen-bond donors (Lipinski definition) is 0. The molecule has 0 aliphatic rings. The third-order valence-electron chi connectivity index (χ3n) is 6.75. The van der Waals surface area contributed by atoms with Gasteiger partial charge >= 0.3 is 5.69 Å². The number of fused-ring (bicyclic) bond motifs is 2. The van der Waals surface area contributed by atoms with Gasteiger partial charge in [-0.05, 0) is 48.0 Å². The minimum atomic E-state index is -0.655. The van der Waals surface area contributed by atoms with E-state index in [0.717, 1.165) is 4.68 Å². The van der Waals surface area contributed by atoms with Crippen LogP contribution in [0.25, 0.3) is 33.5 Å². The molecule has 0 amide bonds. The largest absolute Gasteiger partial charge is 0.493 e. The zero-order valence-corrected chi connectivity index (χ0v) is 24.0. The Morgan fingerprint density at radius 2 is 1.82 bits per heavy atom. The van der Waals surface area contributed by atoms with Gasteiger partial charge in [0, 0.05) is 34.2 Å². The Labute approximate surface area is 257 Å². The second-order valence-electron chi connectivity index (χ2n) is 9.65. The summed E-state index contributed by atoms with van der Waals surface area (Å²) >= 11 is 6.14. The zero-order valence-electron chi connectivity index (χ0n) is 23.2. The Morgan fingerprint density at radius 1 is 1.00 bits per heavy atom. The molecule has 0 N–H and O–H groups in total. The van der Waals surface area contributed by atoms with Crippen LogP contribution in [0.4, 0.5) is 11.4 Å². The molecular formula is C31H20ClN5O8. The Kier molecular flexibility index (Phi) is 7.67. The lowest BCUT2D eigenvalue weighted by Gasteiger charge is -2.12. The standard InChI is InChI=1S/C31H20ClN5O8/c1-43-27-13-19(12-25(37(41)42)29(27)44-17-18-5-4-6-22(11-18)36(39)40)16-33-35-30(34-24-8-3-2-7-23(24)31(35)38)28-15-20-14-21(32)9-10-26(20)45-28/h2-16H,17H2,1H3. The van der Waals surface area contributed by atoms with Crippen LogP contribution >= 0.6 is 11.6 Å². The molecule has 0 aliphatic heterocycles. The fourth-order valence-corrected chi connectivity index (χ4v) is 4.85. The van der Waals surface area contributed by atoms with E-state index in [1.807, 2.05) is 0 Å². The number of ether oxygens (including phenoxy) is 2. The van der Waals surface area contributed by atoms with Crippen LogP contribution in [0.5, 0.6) is 11.5 Å². The summed E-state index contributed by atoms with van der Waals surface area (Å²) in [6.45, 7) is -0.198. The van der Waals surface area contributed by atoms with Crippen molar-refractivity contribution in [3.8, 4) is 23.1 Å². The zero-order chi connectivity index (χ0) is 31.7. The number of hydrogen-bond acceptors (Lipinski definition) is 10. The van der Waals surface area contributed by atoms with Crippen LogP contribution in [0.15, 0.2) is 99.2 Å². The monoisotopic (exact) mass is 625 g/mol. The third kappa shape index (κ3) is 5.79.